The Balaban J connectivity index is 1.37. The first-order valence-electron chi connectivity index (χ1n) is 11.1. The Labute approximate surface area is 207 Å². The van der Waals surface area contributed by atoms with E-state index in [1.165, 1.54) is 12.3 Å². The number of alkyl halides is 6. The molecule has 2 aromatic rings. The van der Waals surface area contributed by atoms with Gasteiger partial charge in [-0.25, -0.2) is 14.5 Å². The van der Waals surface area contributed by atoms with E-state index in [4.69, 9.17) is 4.74 Å². The van der Waals surface area contributed by atoms with Gasteiger partial charge in [0.2, 0.25) is 5.91 Å². The number of rotatable bonds is 3. The number of aromatic nitrogens is 3. The molecule has 1 spiro atoms. The highest BCUT2D eigenvalue weighted by Crippen LogP contribution is 2.40. The lowest BCUT2D eigenvalue weighted by Gasteiger charge is -2.59. The Hall–Kier alpha value is -3.58. The summed E-state index contributed by atoms with van der Waals surface area (Å²) < 4.78 is 84.9. The molecule has 0 bridgehead atoms. The summed E-state index contributed by atoms with van der Waals surface area (Å²) >= 11 is 0. The molecule has 1 aromatic carbocycles. The van der Waals surface area contributed by atoms with Crippen LogP contribution in [0.1, 0.15) is 31.9 Å². The summed E-state index contributed by atoms with van der Waals surface area (Å²) in [5.41, 5.74) is -4.21. The van der Waals surface area contributed by atoms with Crippen molar-refractivity contribution in [2.24, 2.45) is 5.41 Å². The minimum Gasteiger partial charge on any atom is -0.444 e. The quantitative estimate of drug-likeness (QED) is 0.430. The molecule has 200 valence electrons. The summed E-state index contributed by atoms with van der Waals surface area (Å²) in [6, 6.07) is 1.08. The molecule has 14 heteroatoms. The molecule has 37 heavy (non-hydrogen) atoms. The Morgan fingerprint density at radius 3 is 1.97 bits per heavy atom. The first-order valence-corrected chi connectivity index (χ1v) is 11.1. The summed E-state index contributed by atoms with van der Waals surface area (Å²) in [6.07, 6.45) is -6.96. The summed E-state index contributed by atoms with van der Waals surface area (Å²) in [7, 11) is 0. The van der Waals surface area contributed by atoms with Gasteiger partial charge in [0.1, 0.15) is 11.9 Å². The summed E-state index contributed by atoms with van der Waals surface area (Å²) in [5.74, 6) is -0.731. The van der Waals surface area contributed by atoms with E-state index in [-0.39, 0.29) is 23.2 Å². The van der Waals surface area contributed by atoms with Crippen molar-refractivity contribution in [3.8, 4) is 11.4 Å². The lowest BCUT2D eigenvalue weighted by atomic mass is 9.73. The van der Waals surface area contributed by atoms with Gasteiger partial charge in [-0.1, -0.05) is 0 Å². The van der Waals surface area contributed by atoms with Crippen LogP contribution in [0, 0.1) is 5.41 Å². The first kappa shape index (κ1) is 26.5. The van der Waals surface area contributed by atoms with Crippen LogP contribution in [0.2, 0.25) is 0 Å². The van der Waals surface area contributed by atoms with Crippen LogP contribution >= 0.6 is 0 Å². The number of benzene rings is 1. The van der Waals surface area contributed by atoms with Crippen LogP contribution in [0.3, 0.4) is 0 Å². The molecule has 2 aliphatic heterocycles. The van der Waals surface area contributed by atoms with Gasteiger partial charge in [0.05, 0.1) is 11.1 Å². The van der Waals surface area contributed by atoms with Crippen LogP contribution in [-0.4, -0.2) is 68.3 Å². The lowest BCUT2D eigenvalue weighted by molar-refractivity contribution is -0.151. The van der Waals surface area contributed by atoms with Crippen LogP contribution in [0.4, 0.5) is 31.1 Å². The Kier molecular flexibility index (Phi) is 6.28. The van der Waals surface area contributed by atoms with E-state index in [2.05, 4.69) is 10.1 Å². The van der Waals surface area contributed by atoms with E-state index in [1.807, 2.05) is 0 Å². The molecule has 2 fully saturated rings. The van der Waals surface area contributed by atoms with Crippen LogP contribution in [-0.2, 0) is 21.9 Å². The third-order valence-corrected chi connectivity index (χ3v) is 5.79. The predicted molar refractivity (Wildman–Crippen MR) is 118 cm³/mol. The maximum absolute atomic E-state index is 13.1. The van der Waals surface area contributed by atoms with Crippen molar-refractivity contribution in [2.75, 3.05) is 26.2 Å². The van der Waals surface area contributed by atoms with Crippen molar-refractivity contribution >= 4 is 18.2 Å². The van der Waals surface area contributed by atoms with E-state index in [0.717, 1.165) is 11.0 Å². The SMILES string of the molecule is CC(C)(C)OC(=O)N1CC2(CN(C(=O)/C=C/n3cnc(-c4cc(C(F)(F)F)cc(C(F)(F)F)c4)n3)C2)C1. The third kappa shape index (κ3) is 5.88. The topological polar surface area (TPSA) is 80.6 Å². The second kappa shape index (κ2) is 8.77. The van der Waals surface area contributed by atoms with E-state index in [1.54, 1.807) is 30.6 Å². The molecule has 0 aliphatic carbocycles. The largest absolute Gasteiger partial charge is 0.444 e. The summed E-state index contributed by atoms with van der Waals surface area (Å²) in [4.78, 5) is 31.4. The number of likely N-dealkylation sites (tertiary alicyclic amines) is 2. The smallest absolute Gasteiger partial charge is 0.416 e. The molecule has 3 heterocycles. The maximum atomic E-state index is 13.1. The van der Waals surface area contributed by atoms with Crippen molar-refractivity contribution in [3.63, 3.8) is 0 Å². The Bertz CT molecular complexity index is 1200. The molecular weight excluding hydrogens is 508 g/mol. The summed E-state index contributed by atoms with van der Waals surface area (Å²) in [5, 5.41) is 3.87. The summed E-state index contributed by atoms with van der Waals surface area (Å²) in [6.45, 7) is 7.12. The third-order valence-electron chi connectivity index (χ3n) is 5.79. The highest BCUT2D eigenvalue weighted by Gasteiger charge is 2.55. The molecule has 4 rings (SSSR count). The van der Waals surface area contributed by atoms with Gasteiger partial charge in [-0.2, -0.15) is 26.3 Å². The Morgan fingerprint density at radius 2 is 1.46 bits per heavy atom. The monoisotopic (exact) mass is 531 g/mol. The van der Waals surface area contributed by atoms with Crippen molar-refractivity contribution in [2.45, 2.75) is 38.7 Å². The van der Waals surface area contributed by atoms with Crippen LogP contribution in [0.15, 0.2) is 30.6 Å². The highest BCUT2D eigenvalue weighted by molar-refractivity contribution is 5.91. The fourth-order valence-electron chi connectivity index (χ4n) is 4.15. The maximum Gasteiger partial charge on any atom is 0.416 e. The van der Waals surface area contributed by atoms with Gasteiger partial charge in [0.25, 0.3) is 0 Å². The van der Waals surface area contributed by atoms with Crippen LogP contribution in [0.25, 0.3) is 17.6 Å². The van der Waals surface area contributed by atoms with Crippen molar-refractivity contribution < 1.29 is 40.7 Å². The second-order valence-corrected chi connectivity index (χ2v) is 10.2. The number of hydrogen-bond acceptors (Lipinski definition) is 5. The highest BCUT2D eigenvalue weighted by atomic mass is 19.4. The lowest BCUT2D eigenvalue weighted by Crippen LogP contribution is -2.73. The normalized spacial score (nSPS) is 17.6. The zero-order valence-corrected chi connectivity index (χ0v) is 20.0. The molecule has 2 saturated heterocycles. The zero-order valence-electron chi connectivity index (χ0n) is 20.0. The van der Waals surface area contributed by atoms with Gasteiger partial charge < -0.3 is 14.5 Å². The van der Waals surface area contributed by atoms with Gasteiger partial charge in [-0.3, -0.25) is 4.79 Å². The minimum atomic E-state index is -5.00. The minimum absolute atomic E-state index is 0.0216. The molecule has 0 atom stereocenters. The van der Waals surface area contributed by atoms with Crippen molar-refractivity contribution in [1.82, 2.24) is 24.6 Å². The number of ether oxygens (including phenoxy) is 1. The number of halogens is 6. The molecular formula is C23H23F6N5O3. The molecule has 0 saturated carbocycles. The first-order chi connectivity index (χ1) is 16.9. The van der Waals surface area contributed by atoms with Gasteiger partial charge in [0, 0.05) is 49.4 Å². The molecule has 2 aliphatic rings. The standard InChI is InChI=1S/C23H23F6N5O3/c1-20(2,3)37-19(36)33-11-21(12-33)9-32(10-21)17(35)4-5-34-13-30-18(31-34)14-6-15(22(24,25)26)8-16(7-14)23(27,28)29/h4-8,13H,9-12H2,1-3H3/b5-4+. The van der Waals surface area contributed by atoms with E-state index >= 15 is 0 Å². The average Bonchev–Trinajstić information content (AvgIpc) is 3.16. The van der Waals surface area contributed by atoms with E-state index in [9.17, 15) is 35.9 Å². The van der Waals surface area contributed by atoms with Crippen molar-refractivity contribution in [1.29, 1.82) is 0 Å². The van der Waals surface area contributed by atoms with E-state index < -0.39 is 40.7 Å². The van der Waals surface area contributed by atoms with E-state index in [0.29, 0.717) is 38.3 Å². The number of hydrogen-bond donors (Lipinski definition) is 0. The second-order valence-electron chi connectivity index (χ2n) is 10.2. The molecule has 0 unspecified atom stereocenters. The number of carbonyl (C=O) groups excluding carboxylic acids is 2. The van der Waals surface area contributed by atoms with Gasteiger partial charge >= 0.3 is 18.4 Å². The number of amides is 2. The van der Waals surface area contributed by atoms with Gasteiger partial charge in [-0.15, -0.1) is 5.10 Å². The molecule has 2 amide bonds. The zero-order chi connectivity index (χ0) is 27.4. The van der Waals surface area contributed by atoms with Gasteiger partial charge in [-0.05, 0) is 39.0 Å². The molecule has 0 radical (unpaired) electrons. The van der Waals surface area contributed by atoms with Crippen LogP contribution in [0.5, 0.6) is 0 Å². The predicted octanol–water partition coefficient (Wildman–Crippen LogP) is 4.53. The fourth-order valence-corrected chi connectivity index (χ4v) is 4.15. The Morgan fingerprint density at radius 1 is 0.919 bits per heavy atom. The average molecular weight is 531 g/mol. The molecule has 1 aromatic heterocycles. The molecule has 8 nitrogen and oxygen atoms in total. The van der Waals surface area contributed by atoms with Crippen LogP contribution < -0.4 is 0 Å². The number of nitrogens with zero attached hydrogens (tertiary/aromatic N) is 5. The van der Waals surface area contributed by atoms with Gasteiger partial charge in [0.15, 0.2) is 5.82 Å². The fraction of sp³-hybridized carbons (Fsp3) is 0.478. The number of carbonyl (C=O) groups is 2. The molecule has 0 N–H and O–H groups in total. The van der Waals surface area contributed by atoms with Crippen molar-refractivity contribution in [3.05, 3.63) is 41.7 Å².